The first kappa shape index (κ1) is 9.71. The Hall–Kier alpha value is -0.840. The van der Waals surface area contributed by atoms with Gasteiger partial charge in [-0.2, -0.15) is 0 Å². The Labute approximate surface area is 84.4 Å². The lowest BCUT2D eigenvalue weighted by Gasteiger charge is -2.27. The molecule has 1 aliphatic heterocycles. The zero-order valence-electron chi connectivity index (χ0n) is 8.57. The molecule has 1 aromatic rings. The molecule has 14 heavy (non-hydrogen) atoms. The van der Waals surface area contributed by atoms with Gasteiger partial charge in [0.2, 0.25) is 0 Å². The van der Waals surface area contributed by atoms with E-state index in [0.29, 0.717) is 0 Å². The van der Waals surface area contributed by atoms with Crippen molar-refractivity contribution in [3.8, 4) is 0 Å². The highest BCUT2D eigenvalue weighted by Crippen LogP contribution is 2.00. The predicted molar refractivity (Wildman–Crippen MR) is 54.6 cm³/mol. The van der Waals surface area contributed by atoms with Gasteiger partial charge in [-0.25, -0.2) is 5.01 Å². The van der Waals surface area contributed by atoms with Crippen molar-refractivity contribution in [1.82, 2.24) is 15.0 Å². The summed E-state index contributed by atoms with van der Waals surface area (Å²) < 4.78 is 7.34. The van der Waals surface area contributed by atoms with Crippen LogP contribution in [0.1, 0.15) is 5.56 Å². The fourth-order valence-corrected chi connectivity index (χ4v) is 1.59. The van der Waals surface area contributed by atoms with Crippen molar-refractivity contribution >= 4 is 0 Å². The minimum absolute atomic E-state index is 0.835. The number of aromatic nitrogens is 1. The van der Waals surface area contributed by atoms with Gasteiger partial charge in [0.15, 0.2) is 0 Å². The highest BCUT2D eigenvalue weighted by Gasteiger charge is 2.08. The molecule has 0 spiro atoms. The van der Waals surface area contributed by atoms with Crippen molar-refractivity contribution < 1.29 is 4.74 Å². The average Bonchev–Trinajstić information content (AvgIpc) is 2.63. The van der Waals surface area contributed by atoms with Crippen LogP contribution in [0.25, 0.3) is 0 Å². The van der Waals surface area contributed by atoms with Crippen LogP contribution in [0.3, 0.4) is 0 Å². The Morgan fingerprint density at radius 3 is 2.86 bits per heavy atom. The van der Waals surface area contributed by atoms with Gasteiger partial charge in [0.1, 0.15) is 0 Å². The van der Waals surface area contributed by atoms with Gasteiger partial charge in [-0.3, -0.25) is 5.43 Å². The molecule has 0 aliphatic carbocycles. The van der Waals surface area contributed by atoms with E-state index in [2.05, 4.69) is 33.5 Å². The highest BCUT2D eigenvalue weighted by atomic mass is 16.5. The van der Waals surface area contributed by atoms with Crippen LogP contribution in [-0.4, -0.2) is 35.9 Å². The second-order valence-corrected chi connectivity index (χ2v) is 3.62. The molecule has 1 fully saturated rings. The van der Waals surface area contributed by atoms with Crippen molar-refractivity contribution in [2.75, 3.05) is 26.3 Å². The number of morpholine rings is 1. The molecule has 0 radical (unpaired) electrons. The number of nitrogens with one attached hydrogen (secondary N) is 1. The SMILES string of the molecule is Cn1ccc(CNN2CCOCC2)c1. The molecule has 0 unspecified atom stereocenters. The van der Waals surface area contributed by atoms with Gasteiger partial charge in [0, 0.05) is 39.1 Å². The maximum Gasteiger partial charge on any atom is 0.0608 e. The Kier molecular flexibility index (Phi) is 3.18. The first-order chi connectivity index (χ1) is 6.84. The average molecular weight is 195 g/mol. The van der Waals surface area contributed by atoms with E-state index in [9.17, 15) is 0 Å². The molecule has 1 N–H and O–H groups in total. The summed E-state index contributed by atoms with van der Waals surface area (Å²) in [5.74, 6) is 0. The lowest BCUT2D eigenvalue weighted by atomic mass is 10.3. The largest absolute Gasteiger partial charge is 0.379 e. The lowest BCUT2D eigenvalue weighted by Crippen LogP contribution is -2.45. The minimum Gasteiger partial charge on any atom is -0.379 e. The third kappa shape index (κ3) is 2.57. The summed E-state index contributed by atoms with van der Waals surface area (Å²) in [5, 5.41) is 2.22. The second-order valence-electron chi connectivity index (χ2n) is 3.62. The molecular weight excluding hydrogens is 178 g/mol. The number of hydrogen-bond acceptors (Lipinski definition) is 3. The molecule has 0 bridgehead atoms. The molecule has 1 aliphatic rings. The van der Waals surface area contributed by atoms with Crippen molar-refractivity contribution in [2.45, 2.75) is 6.54 Å². The molecule has 4 heteroatoms. The number of hydrogen-bond donors (Lipinski definition) is 1. The monoisotopic (exact) mass is 195 g/mol. The predicted octanol–water partition coefficient (Wildman–Crippen LogP) is 0.362. The van der Waals surface area contributed by atoms with Gasteiger partial charge in [0.05, 0.1) is 13.2 Å². The number of nitrogens with zero attached hydrogens (tertiary/aromatic N) is 2. The summed E-state index contributed by atoms with van der Waals surface area (Å²) in [5.41, 5.74) is 4.71. The second kappa shape index (κ2) is 4.59. The van der Waals surface area contributed by atoms with Gasteiger partial charge >= 0.3 is 0 Å². The van der Waals surface area contributed by atoms with Crippen LogP contribution in [0.15, 0.2) is 18.5 Å². The van der Waals surface area contributed by atoms with Crippen molar-refractivity contribution in [3.63, 3.8) is 0 Å². The molecule has 1 aromatic heterocycles. The number of hydrazine groups is 1. The number of ether oxygens (including phenoxy) is 1. The van der Waals surface area contributed by atoms with Crippen LogP contribution in [0.2, 0.25) is 0 Å². The fourth-order valence-electron chi connectivity index (χ4n) is 1.59. The Morgan fingerprint density at radius 2 is 2.21 bits per heavy atom. The van der Waals surface area contributed by atoms with Gasteiger partial charge in [-0.15, -0.1) is 0 Å². The summed E-state index contributed by atoms with van der Waals surface area (Å²) in [6.45, 7) is 4.53. The summed E-state index contributed by atoms with van der Waals surface area (Å²) in [6, 6.07) is 2.13. The van der Waals surface area contributed by atoms with E-state index in [1.165, 1.54) is 5.56 Å². The molecule has 4 nitrogen and oxygen atoms in total. The van der Waals surface area contributed by atoms with E-state index in [1.807, 2.05) is 7.05 Å². The van der Waals surface area contributed by atoms with E-state index in [4.69, 9.17) is 4.74 Å². The smallest absolute Gasteiger partial charge is 0.0608 e. The van der Waals surface area contributed by atoms with Gasteiger partial charge in [-0.05, 0) is 11.6 Å². The van der Waals surface area contributed by atoms with Crippen molar-refractivity contribution in [3.05, 3.63) is 24.0 Å². The maximum absolute atomic E-state index is 5.27. The lowest BCUT2D eigenvalue weighted by molar-refractivity contribution is 0.0106. The molecular formula is C10H17N3O. The topological polar surface area (TPSA) is 29.4 Å². The molecule has 0 aromatic carbocycles. The third-order valence-corrected chi connectivity index (χ3v) is 2.41. The van der Waals surface area contributed by atoms with Crippen LogP contribution in [0, 0.1) is 0 Å². The van der Waals surface area contributed by atoms with E-state index < -0.39 is 0 Å². The van der Waals surface area contributed by atoms with Gasteiger partial charge in [0.25, 0.3) is 0 Å². The number of aryl methyl sites for hydroxylation is 1. The van der Waals surface area contributed by atoms with E-state index in [1.54, 1.807) is 0 Å². The van der Waals surface area contributed by atoms with E-state index in [0.717, 1.165) is 32.8 Å². The molecule has 78 valence electrons. The first-order valence-corrected chi connectivity index (χ1v) is 5.01. The summed E-state index contributed by atoms with van der Waals surface area (Å²) in [7, 11) is 2.04. The van der Waals surface area contributed by atoms with Crippen molar-refractivity contribution in [1.29, 1.82) is 0 Å². The van der Waals surface area contributed by atoms with Crippen LogP contribution < -0.4 is 5.43 Å². The molecule has 2 heterocycles. The zero-order valence-corrected chi connectivity index (χ0v) is 8.57. The van der Waals surface area contributed by atoms with E-state index in [-0.39, 0.29) is 0 Å². The standard InChI is InChI=1S/C10H17N3O/c1-12-3-2-10(9-12)8-11-13-4-6-14-7-5-13/h2-3,9,11H,4-8H2,1H3. The normalized spacial score (nSPS) is 18.6. The molecule has 0 atom stereocenters. The Balaban J connectivity index is 1.76. The highest BCUT2D eigenvalue weighted by molar-refractivity contribution is 5.09. The Bertz CT molecular complexity index is 279. The van der Waals surface area contributed by atoms with E-state index >= 15 is 0 Å². The molecule has 0 saturated carbocycles. The first-order valence-electron chi connectivity index (χ1n) is 5.01. The fraction of sp³-hybridized carbons (Fsp3) is 0.600. The molecule has 0 amide bonds. The van der Waals surface area contributed by atoms with Gasteiger partial charge < -0.3 is 9.30 Å². The summed E-state index contributed by atoms with van der Waals surface area (Å²) in [4.78, 5) is 0. The zero-order chi connectivity index (χ0) is 9.80. The number of rotatable bonds is 3. The summed E-state index contributed by atoms with van der Waals surface area (Å²) >= 11 is 0. The third-order valence-electron chi connectivity index (χ3n) is 2.41. The molecule has 2 rings (SSSR count). The Morgan fingerprint density at radius 1 is 1.43 bits per heavy atom. The quantitative estimate of drug-likeness (QED) is 0.755. The maximum atomic E-state index is 5.27. The summed E-state index contributed by atoms with van der Waals surface area (Å²) in [6.07, 6.45) is 4.20. The van der Waals surface area contributed by atoms with Crippen LogP contribution in [-0.2, 0) is 18.3 Å². The van der Waals surface area contributed by atoms with Crippen molar-refractivity contribution in [2.24, 2.45) is 7.05 Å². The minimum atomic E-state index is 0.835. The van der Waals surface area contributed by atoms with Crippen LogP contribution in [0.4, 0.5) is 0 Å². The van der Waals surface area contributed by atoms with Crippen LogP contribution in [0.5, 0.6) is 0 Å². The van der Waals surface area contributed by atoms with Gasteiger partial charge in [-0.1, -0.05) is 0 Å². The van der Waals surface area contributed by atoms with Crippen LogP contribution >= 0.6 is 0 Å². The molecule has 1 saturated heterocycles.